The molecule has 0 saturated carbocycles. The number of hydrogen-bond donors (Lipinski definition) is 0. The lowest BCUT2D eigenvalue weighted by molar-refractivity contribution is -0.113. The number of carbonyl (C=O) groups excluding carboxylic acids is 1. The van der Waals surface area contributed by atoms with Crippen molar-refractivity contribution in [1.82, 2.24) is 14.7 Å². The number of para-hydroxylation sites is 1. The van der Waals surface area contributed by atoms with Gasteiger partial charge in [-0.05, 0) is 88.4 Å². The third kappa shape index (κ3) is 5.65. The summed E-state index contributed by atoms with van der Waals surface area (Å²) in [7, 11) is 0. The number of rotatable bonds is 5. The maximum absolute atomic E-state index is 12.9. The largest absolute Gasteiger partial charge is 0.491 e. The maximum atomic E-state index is 12.9. The van der Waals surface area contributed by atoms with Gasteiger partial charge in [0.1, 0.15) is 11.4 Å². The van der Waals surface area contributed by atoms with E-state index in [1.54, 1.807) is 0 Å². The highest BCUT2D eigenvalue weighted by molar-refractivity contribution is 8.18. The standard InChI is InChI=1S/C29H32N4O3S/c1-18(2)35-25-12-11-22(13-19(25)3)27-23(17-33(31-27)24-9-7-6-8-10-24)14-26-28(34)30-29(37-26)32-15-20(4)36-21(5)16-32/h6-14,17-18,20-21H,15-16H2,1-5H3/b26-14-. The van der Waals surface area contributed by atoms with Gasteiger partial charge in [-0.1, -0.05) is 18.2 Å². The second-order valence-corrected chi connectivity index (χ2v) is 10.8. The zero-order chi connectivity index (χ0) is 26.1. The molecule has 0 spiro atoms. The quantitative estimate of drug-likeness (QED) is 0.405. The molecule has 2 unspecified atom stereocenters. The van der Waals surface area contributed by atoms with Gasteiger partial charge in [-0.3, -0.25) is 4.79 Å². The zero-order valence-corrected chi connectivity index (χ0v) is 22.7. The molecular weight excluding hydrogens is 484 g/mol. The van der Waals surface area contributed by atoms with Crippen LogP contribution in [-0.4, -0.2) is 57.2 Å². The average Bonchev–Trinajstić information content (AvgIpc) is 3.44. The van der Waals surface area contributed by atoms with Crippen LogP contribution in [0.1, 0.15) is 38.8 Å². The van der Waals surface area contributed by atoms with Gasteiger partial charge in [0.05, 0.1) is 28.9 Å². The van der Waals surface area contributed by atoms with E-state index in [2.05, 4.69) is 16.0 Å². The highest BCUT2D eigenvalue weighted by Gasteiger charge is 2.31. The van der Waals surface area contributed by atoms with Gasteiger partial charge < -0.3 is 14.4 Å². The number of amidine groups is 1. The summed E-state index contributed by atoms with van der Waals surface area (Å²) < 4.78 is 13.6. The Morgan fingerprint density at radius 3 is 2.51 bits per heavy atom. The van der Waals surface area contributed by atoms with Gasteiger partial charge in [0, 0.05) is 30.4 Å². The first-order valence-electron chi connectivity index (χ1n) is 12.6. The predicted molar refractivity (Wildman–Crippen MR) is 149 cm³/mol. The fourth-order valence-corrected chi connectivity index (χ4v) is 5.54. The van der Waals surface area contributed by atoms with Crippen molar-refractivity contribution >= 4 is 28.9 Å². The third-order valence-electron chi connectivity index (χ3n) is 6.16. The third-order valence-corrected chi connectivity index (χ3v) is 7.20. The molecule has 0 radical (unpaired) electrons. The van der Waals surface area contributed by atoms with Crippen LogP contribution in [0.2, 0.25) is 0 Å². The number of morpholine rings is 1. The van der Waals surface area contributed by atoms with Crippen molar-refractivity contribution in [2.75, 3.05) is 13.1 Å². The maximum Gasteiger partial charge on any atom is 0.286 e. The second kappa shape index (κ2) is 10.6. The fourth-order valence-electron chi connectivity index (χ4n) is 4.62. The SMILES string of the molecule is Cc1cc(-c2nn(-c3ccccc3)cc2/C=C2\SC(N3CC(C)OC(C)C3)=NC2=O)ccc1OC(C)C. The molecule has 5 rings (SSSR count). The van der Waals surface area contributed by atoms with Crippen LogP contribution in [0, 0.1) is 6.92 Å². The van der Waals surface area contributed by atoms with Crippen molar-refractivity contribution < 1.29 is 14.3 Å². The van der Waals surface area contributed by atoms with Gasteiger partial charge in [-0.2, -0.15) is 10.1 Å². The summed E-state index contributed by atoms with van der Waals surface area (Å²) in [4.78, 5) is 20.1. The van der Waals surface area contributed by atoms with E-state index in [1.165, 1.54) is 11.8 Å². The van der Waals surface area contributed by atoms with Crippen LogP contribution < -0.4 is 4.74 Å². The molecule has 192 valence electrons. The molecule has 0 bridgehead atoms. The number of aryl methyl sites for hydroxylation is 1. The summed E-state index contributed by atoms with van der Waals surface area (Å²) in [6.07, 6.45) is 4.16. The number of benzene rings is 2. The first-order valence-corrected chi connectivity index (χ1v) is 13.4. The van der Waals surface area contributed by atoms with E-state index in [1.807, 2.05) is 94.0 Å². The molecule has 2 aliphatic heterocycles. The monoisotopic (exact) mass is 516 g/mol. The molecule has 3 heterocycles. The van der Waals surface area contributed by atoms with Gasteiger partial charge in [-0.25, -0.2) is 4.68 Å². The topological polar surface area (TPSA) is 69.0 Å². The summed E-state index contributed by atoms with van der Waals surface area (Å²) in [5.41, 5.74) is 4.60. The van der Waals surface area contributed by atoms with Crippen molar-refractivity contribution in [2.45, 2.75) is 52.9 Å². The van der Waals surface area contributed by atoms with Crippen LogP contribution in [0.15, 0.2) is 64.6 Å². The van der Waals surface area contributed by atoms with Crippen molar-refractivity contribution in [3.8, 4) is 22.7 Å². The first kappa shape index (κ1) is 25.3. The summed E-state index contributed by atoms with van der Waals surface area (Å²) in [5.74, 6) is 0.636. The minimum atomic E-state index is -0.220. The normalized spacial score (nSPS) is 21.1. The summed E-state index contributed by atoms with van der Waals surface area (Å²) >= 11 is 1.42. The van der Waals surface area contributed by atoms with E-state index >= 15 is 0 Å². The van der Waals surface area contributed by atoms with Crippen LogP contribution in [0.3, 0.4) is 0 Å². The Morgan fingerprint density at radius 1 is 1.11 bits per heavy atom. The van der Waals surface area contributed by atoms with Crippen LogP contribution in [0.5, 0.6) is 5.75 Å². The Labute approximate surface area is 222 Å². The molecule has 7 nitrogen and oxygen atoms in total. The summed E-state index contributed by atoms with van der Waals surface area (Å²) in [6.45, 7) is 11.6. The van der Waals surface area contributed by atoms with Crippen LogP contribution in [0.4, 0.5) is 0 Å². The Balaban J connectivity index is 1.50. The highest BCUT2D eigenvalue weighted by Crippen LogP contribution is 2.35. The summed E-state index contributed by atoms with van der Waals surface area (Å²) in [6, 6.07) is 16.1. The molecule has 2 atom stereocenters. The number of carbonyl (C=O) groups is 1. The molecule has 0 N–H and O–H groups in total. The average molecular weight is 517 g/mol. The van der Waals surface area contributed by atoms with Crippen LogP contribution in [-0.2, 0) is 9.53 Å². The molecular formula is C29H32N4O3S. The minimum absolute atomic E-state index is 0.0942. The predicted octanol–water partition coefficient (Wildman–Crippen LogP) is 5.71. The Kier molecular flexibility index (Phi) is 7.22. The van der Waals surface area contributed by atoms with Crippen molar-refractivity contribution in [1.29, 1.82) is 0 Å². The molecule has 0 aliphatic carbocycles. The molecule has 1 amide bonds. The highest BCUT2D eigenvalue weighted by atomic mass is 32.2. The van der Waals surface area contributed by atoms with E-state index in [9.17, 15) is 4.79 Å². The van der Waals surface area contributed by atoms with Crippen molar-refractivity contribution in [3.63, 3.8) is 0 Å². The fraction of sp³-hybridized carbons (Fsp3) is 0.345. The van der Waals surface area contributed by atoms with Gasteiger partial charge in [0.25, 0.3) is 5.91 Å². The Morgan fingerprint density at radius 2 is 1.84 bits per heavy atom. The number of ether oxygens (including phenoxy) is 2. The molecule has 8 heteroatoms. The van der Waals surface area contributed by atoms with Gasteiger partial charge in [0.15, 0.2) is 5.17 Å². The zero-order valence-electron chi connectivity index (χ0n) is 21.8. The van der Waals surface area contributed by atoms with E-state index in [-0.39, 0.29) is 24.2 Å². The minimum Gasteiger partial charge on any atom is -0.491 e. The van der Waals surface area contributed by atoms with E-state index < -0.39 is 0 Å². The lowest BCUT2D eigenvalue weighted by Crippen LogP contribution is -2.47. The number of hydrogen-bond acceptors (Lipinski definition) is 6. The molecule has 2 aliphatic rings. The van der Waals surface area contributed by atoms with E-state index in [0.717, 1.165) is 52.1 Å². The van der Waals surface area contributed by atoms with Gasteiger partial charge in [-0.15, -0.1) is 0 Å². The molecule has 1 saturated heterocycles. The number of nitrogens with zero attached hydrogens (tertiary/aromatic N) is 4. The lowest BCUT2D eigenvalue weighted by atomic mass is 10.0. The Hall–Kier alpha value is -3.36. The van der Waals surface area contributed by atoms with Gasteiger partial charge in [0.2, 0.25) is 0 Å². The van der Waals surface area contributed by atoms with Crippen molar-refractivity contribution in [2.24, 2.45) is 4.99 Å². The summed E-state index contributed by atoms with van der Waals surface area (Å²) in [5, 5.41) is 5.66. The first-order chi connectivity index (χ1) is 17.8. The van der Waals surface area contributed by atoms with Crippen LogP contribution in [0.25, 0.3) is 23.0 Å². The number of thioether (sulfide) groups is 1. The Bertz CT molecular complexity index is 1350. The number of amides is 1. The van der Waals surface area contributed by atoms with E-state index in [4.69, 9.17) is 14.6 Å². The van der Waals surface area contributed by atoms with Crippen LogP contribution >= 0.6 is 11.8 Å². The van der Waals surface area contributed by atoms with Crippen molar-refractivity contribution in [3.05, 3.63) is 70.8 Å². The number of aromatic nitrogens is 2. The molecule has 1 fully saturated rings. The molecule has 2 aromatic carbocycles. The smallest absolute Gasteiger partial charge is 0.286 e. The second-order valence-electron chi connectivity index (χ2n) is 9.83. The van der Waals surface area contributed by atoms with E-state index in [0.29, 0.717) is 4.91 Å². The molecule has 3 aromatic rings. The van der Waals surface area contributed by atoms with Gasteiger partial charge >= 0.3 is 0 Å². The lowest BCUT2D eigenvalue weighted by Gasteiger charge is -2.35. The number of aliphatic imine (C=N–C) groups is 1. The molecule has 37 heavy (non-hydrogen) atoms. The molecule has 1 aromatic heterocycles.